The minimum Gasteiger partial charge on any atom is -0.456 e. The van der Waals surface area contributed by atoms with E-state index in [0.717, 1.165) is 49.8 Å². The van der Waals surface area contributed by atoms with Gasteiger partial charge in [0.2, 0.25) is 0 Å². The fourth-order valence-corrected chi connectivity index (χ4v) is 9.55. The van der Waals surface area contributed by atoms with E-state index in [9.17, 15) is 0 Å². The van der Waals surface area contributed by atoms with Crippen molar-refractivity contribution in [1.82, 2.24) is 19.5 Å². The molecule has 0 atom stereocenters. The van der Waals surface area contributed by atoms with E-state index < -0.39 is 0 Å². The van der Waals surface area contributed by atoms with Crippen molar-refractivity contribution in [1.29, 1.82) is 0 Å². The van der Waals surface area contributed by atoms with Crippen molar-refractivity contribution in [2.24, 2.45) is 0 Å². The molecule has 0 fully saturated rings. The topological polar surface area (TPSA) is 56.7 Å². The third-order valence-electron chi connectivity index (χ3n) is 11.1. The Hall–Kier alpha value is -7.41. The van der Waals surface area contributed by atoms with Crippen LogP contribution in [-0.4, -0.2) is 19.5 Å². The Morgan fingerprint density at radius 3 is 1.51 bits per heavy atom. The van der Waals surface area contributed by atoms with E-state index in [-0.39, 0.29) is 0 Å². The number of thiophene rings is 1. The van der Waals surface area contributed by atoms with Crippen molar-refractivity contribution in [3.05, 3.63) is 182 Å². The minimum atomic E-state index is 0.601. The van der Waals surface area contributed by atoms with E-state index >= 15 is 0 Å². The van der Waals surface area contributed by atoms with Gasteiger partial charge < -0.3 is 8.98 Å². The molecule has 5 nitrogen and oxygen atoms in total. The number of hydrogen-bond donors (Lipinski definition) is 0. The molecule has 0 spiro atoms. The molecule has 0 saturated carbocycles. The lowest BCUT2D eigenvalue weighted by Crippen LogP contribution is -2.00. The largest absolute Gasteiger partial charge is 0.456 e. The first-order valence-electron chi connectivity index (χ1n) is 19.0. The van der Waals surface area contributed by atoms with Gasteiger partial charge in [0.25, 0.3) is 0 Å². The van der Waals surface area contributed by atoms with Crippen LogP contribution in [0.25, 0.3) is 115 Å². The maximum Gasteiger partial charge on any atom is 0.164 e. The predicted octanol–water partition coefficient (Wildman–Crippen LogP) is 13.9. The summed E-state index contributed by atoms with van der Waals surface area (Å²) < 4.78 is 11.6. The van der Waals surface area contributed by atoms with E-state index in [4.69, 9.17) is 19.4 Å². The summed E-state index contributed by atoms with van der Waals surface area (Å²) in [5, 5.41) is 7.21. The molecule has 0 bridgehead atoms. The summed E-state index contributed by atoms with van der Waals surface area (Å²) in [7, 11) is 0. The van der Waals surface area contributed by atoms with Crippen LogP contribution in [0.5, 0.6) is 0 Å². The first kappa shape index (κ1) is 31.9. The quantitative estimate of drug-likeness (QED) is 0.176. The van der Waals surface area contributed by atoms with Gasteiger partial charge in [0.05, 0.1) is 16.7 Å². The van der Waals surface area contributed by atoms with Crippen molar-refractivity contribution in [3.63, 3.8) is 0 Å². The van der Waals surface area contributed by atoms with Crippen molar-refractivity contribution < 1.29 is 4.42 Å². The molecule has 0 aliphatic rings. The van der Waals surface area contributed by atoms with Crippen LogP contribution >= 0.6 is 11.3 Å². The number of hydrogen-bond acceptors (Lipinski definition) is 5. The summed E-state index contributed by atoms with van der Waals surface area (Å²) in [6.07, 6.45) is 0. The van der Waals surface area contributed by atoms with Crippen LogP contribution in [-0.2, 0) is 0 Å². The first-order valence-corrected chi connectivity index (χ1v) is 19.8. The molecule has 8 aromatic carbocycles. The van der Waals surface area contributed by atoms with Crippen LogP contribution in [0.4, 0.5) is 0 Å². The average Bonchev–Trinajstić information content (AvgIpc) is 3.95. The molecule has 6 heteroatoms. The molecule has 4 aromatic heterocycles. The molecule has 0 saturated heterocycles. The Kier molecular flexibility index (Phi) is 7.03. The maximum atomic E-state index is 6.60. The Labute approximate surface area is 330 Å². The molecule has 57 heavy (non-hydrogen) atoms. The highest BCUT2D eigenvalue weighted by molar-refractivity contribution is 7.26. The second-order valence-electron chi connectivity index (χ2n) is 14.4. The number of nitrogens with zero attached hydrogens (tertiary/aromatic N) is 4. The molecule has 4 heterocycles. The zero-order chi connectivity index (χ0) is 37.5. The van der Waals surface area contributed by atoms with Crippen LogP contribution < -0.4 is 0 Å². The predicted molar refractivity (Wildman–Crippen MR) is 236 cm³/mol. The standard InChI is InChI=1S/C51H30N4OS/c1-3-12-31(13-4-1)49-52-50(32-14-5-2-6-15-32)54-51(53-49)35-24-26-39-38-25-22-33(28-44(38)56-45(39)29-35)34-23-27-40-47(30-34)57-46-21-11-20-43(48(40)46)55-41-18-9-7-16-36(41)37-17-8-10-19-42(37)55/h1-30H. The Bertz CT molecular complexity index is 3420. The Morgan fingerprint density at radius 1 is 0.368 bits per heavy atom. The maximum absolute atomic E-state index is 6.60. The highest BCUT2D eigenvalue weighted by atomic mass is 32.1. The smallest absolute Gasteiger partial charge is 0.164 e. The summed E-state index contributed by atoms with van der Waals surface area (Å²) in [5.41, 5.74) is 10.3. The zero-order valence-electron chi connectivity index (χ0n) is 30.4. The van der Waals surface area contributed by atoms with Gasteiger partial charge in [-0.3, -0.25) is 0 Å². The van der Waals surface area contributed by atoms with Gasteiger partial charge >= 0.3 is 0 Å². The Morgan fingerprint density at radius 2 is 0.877 bits per heavy atom. The number of furan rings is 1. The van der Waals surface area contributed by atoms with Gasteiger partial charge in [-0.25, -0.2) is 15.0 Å². The molecule has 0 N–H and O–H groups in total. The van der Waals surface area contributed by atoms with Crippen molar-refractivity contribution in [2.45, 2.75) is 0 Å². The summed E-state index contributed by atoms with van der Waals surface area (Å²) in [6, 6.07) is 63.8. The normalized spacial score (nSPS) is 11.9. The Balaban J connectivity index is 0.946. The third-order valence-corrected chi connectivity index (χ3v) is 12.2. The van der Waals surface area contributed by atoms with Gasteiger partial charge in [0.1, 0.15) is 11.2 Å². The fraction of sp³-hybridized carbons (Fsp3) is 0. The lowest BCUT2D eigenvalue weighted by Gasteiger charge is -2.10. The molecule has 0 radical (unpaired) electrons. The van der Waals surface area contributed by atoms with E-state index in [1.54, 1.807) is 0 Å². The van der Waals surface area contributed by atoms with Crippen LogP contribution in [0.1, 0.15) is 0 Å². The minimum absolute atomic E-state index is 0.601. The highest BCUT2D eigenvalue weighted by Gasteiger charge is 2.18. The molecule has 12 aromatic rings. The molecular weight excluding hydrogens is 717 g/mol. The van der Waals surface area contributed by atoms with E-state index in [1.807, 2.05) is 78.1 Å². The van der Waals surface area contributed by atoms with Crippen LogP contribution in [0, 0.1) is 0 Å². The van der Waals surface area contributed by atoms with E-state index in [0.29, 0.717) is 17.5 Å². The van der Waals surface area contributed by atoms with E-state index in [2.05, 4.69) is 120 Å². The second kappa shape index (κ2) is 12.6. The van der Waals surface area contributed by atoms with Gasteiger partial charge in [-0.05, 0) is 65.7 Å². The second-order valence-corrected chi connectivity index (χ2v) is 15.5. The van der Waals surface area contributed by atoms with Gasteiger partial charge in [-0.15, -0.1) is 11.3 Å². The molecule has 0 aliphatic heterocycles. The van der Waals surface area contributed by atoms with Crippen LogP contribution in [0.15, 0.2) is 186 Å². The van der Waals surface area contributed by atoms with Gasteiger partial charge in [0, 0.05) is 58.4 Å². The highest BCUT2D eigenvalue weighted by Crippen LogP contribution is 2.43. The molecule has 0 unspecified atom stereocenters. The summed E-state index contributed by atoms with van der Waals surface area (Å²) in [5.74, 6) is 1.86. The van der Waals surface area contributed by atoms with Crippen molar-refractivity contribution in [2.75, 3.05) is 0 Å². The molecule has 266 valence electrons. The van der Waals surface area contributed by atoms with Crippen molar-refractivity contribution in [3.8, 4) is 51.0 Å². The monoisotopic (exact) mass is 746 g/mol. The third kappa shape index (κ3) is 5.12. The zero-order valence-corrected chi connectivity index (χ0v) is 31.2. The summed E-state index contributed by atoms with van der Waals surface area (Å²) in [6.45, 7) is 0. The number of benzene rings is 8. The van der Waals surface area contributed by atoms with Gasteiger partial charge in [-0.2, -0.15) is 0 Å². The molecule has 0 aliphatic carbocycles. The molecular formula is C51H30N4OS. The fourth-order valence-electron chi connectivity index (χ4n) is 8.39. The SMILES string of the molecule is c1ccc(-c2nc(-c3ccccc3)nc(-c3ccc4c(c3)oc3cc(-c5ccc6c(c5)sc5cccc(-n7c8ccccc8c8ccccc87)c56)ccc34)n2)cc1. The number of fused-ring (bicyclic) bond motifs is 9. The average molecular weight is 747 g/mol. The number of para-hydroxylation sites is 2. The molecule has 12 rings (SSSR count). The lowest BCUT2D eigenvalue weighted by molar-refractivity contribution is 0.669. The summed E-state index contributed by atoms with van der Waals surface area (Å²) >= 11 is 1.85. The van der Waals surface area contributed by atoms with Gasteiger partial charge in [0.15, 0.2) is 17.5 Å². The summed E-state index contributed by atoms with van der Waals surface area (Å²) in [4.78, 5) is 14.7. The number of rotatable bonds is 5. The van der Waals surface area contributed by atoms with E-state index in [1.165, 1.54) is 47.7 Å². The molecule has 0 amide bonds. The lowest BCUT2D eigenvalue weighted by atomic mass is 10.0. The van der Waals surface area contributed by atoms with Crippen LogP contribution in [0.2, 0.25) is 0 Å². The van der Waals surface area contributed by atoms with Crippen molar-refractivity contribution >= 4 is 75.3 Å². The first-order chi connectivity index (χ1) is 28.2. The van der Waals surface area contributed by atoms with Gasteiger partial charge in [-0.1, -0.05) is 127 Å². The number of aromatic nitrogens is 4. The van der Waals surface area contributed by atoms with Crippen LogP contribution in [0.3, 0.4) is 0 Å².